The summed E-state index contributed by atoms with van der Waals surface area (Å²) in [5.41, 5.74) is 5.32. The second-order valence-corrected chi connectivity index (χ2v) is 8.90. The molecule has 3 heteroatoms. The van der Waals surface area contributed by atoms with Crippen molar-refractivity contribution in [2.75, 3.05) is 6.61 Å². The molecule has 0 N–H and O–H groups in total. The molecular formula is C25H36O3. The first-order chi connectivity index (χ1) is 13.2. The highest BCUT2D eigenvalue weighted by molar-refractivity contribution is 5.91. The van der Waals surface area contributed by atoms with Gasteiger partial charge in [0.1, 0.15) is 6.61 Å². The molecule has 0 aromatic rings. The molecule has 28 heavy (non-hydrogen) atoms. The number of carbonyl (C=O) groups excluding carboxylic acids is 2. The smallest absolute Gasteiger partial charge is 0.331 e. The lowest BCUT2D eigenvalue weighted by atomic mass is 9.64. The van der Waals surface area contributed by atoms with E-state index in [0.717, 1.165) is 44.1 Å². The predicted octanol–water partition coefficient (Wildman–Crippen LogP) is 6.26. The average molecular weight is 385 g/mol. The van der Waals surface area contributed by atoms with E-state index in [4.69, 9.17) is 4.74 Å². The zero-order chi connectivity index (χ0) is 20.7. The fourth-order valence-corrected chi connectivity index (χ4v) is 4.09. The van der Waals surface area contributed by atoms with E-state index in [1.54, 1.807) is 6.08 Å². The van der Waals surface area contributed by atoms with Crippen LogP contribution in [0, 0.1) is 11.3 Å². The Balaban J connectivity index is 1.74. The molecule has 1 aliphatic heterocycles. The second kappa shape index (κ2) is 10.0. The molecule has 0 bridgehead atoms. The Hall–Kier alpha value is -1.90. The van der Waals surface area contributed by atoms with Gasteiger partial charge in [-0.3, -0.25) is 4.79 Å². The molecule has 154 valence electrons. The topological polar surface area (TPSA) is 43.4 Å². The maximum Gasteiger partial charge on any atom is 0.331 e. The van der Waals surface area contributed by atoms with Crippen LogP contribution in [0.1, 0.15) is 79.6 Å². The summed E-state index contributed by atoms with van der Waals surface area (Å²) in [6.07, 6.45) is 15.0. The molecule has 0 aromatic carbocycles. The van der Waals surface area contributed by atoms with Crippen LogP contribution in [0.2, 0.25) is 0 Å². The highest BCUT2D eigenvalue weighted by atomic mass is 16.5. The Morgan fingerprint density at radius 3 is 2.46 bits per heavy atom. The first-order valence-electron chi connectivity index (χ1n) is 10.6. The molecule has 0 saturated carbocycles. The van der Waals surface area contributed by atoms with Crippen LogP contribution < -0.4 is 0 Å². The van der Waals surface area contributed by atoms with Crippen molar-refractivity contribution in [3.05, 3.63) is 46.6 Å². The van der Waals surface area contributed by atoms with Crippen molar-refractivity contribution in [1.82, 2.24) is 0 Å². The molecule has 0 saturated heterocycles. The number of carbonyl (C=O) groups is 2. The number of cyclic esters (lactones) is 1. The van der Waals surface area contributed by atoms with Gasteiger partial charge in [0.2, 0.25) is 0 Å². The molecule has 1 heterocycles. The van der Waals surface area contributed by atoms with Gasteiger partial charge in [-0.1, -0.05) is 42.7 Å². The fourth-order valence-electron chi connectivity index (χ4n) is 4.09. The zero-order valence-corrected chi connectivity index (χ0v) is 18.3. The standard InChI is InChI=1S/C25H36O3/c1-18(10-7-11-22-16-24(27)28-17-22)8-6-9-19(2)12-13-25(5)20(3)14-23(26)15-21(25)4/h9-10,14,16,21H,6-8,11-13,15,17H2,1-5H3/b18-10+,19-9+/t21-,25+/m1/s1. The van der Waals surface area contributed by atoms with E-state index in [2.05, 4.69) is 46.8 Å². The lowest BCUT2D eigenvalue weighted by Crippen LogP contribution is -2.32. The van der Waals surface area contributed by atoms with Gasteiger partial charge in [-0.15, -0.1) is 0 Å². The zero-order valence-electron chi connectivity index (χ0n) is 18.3. The normalized spacial score (nSPS) is 26.2. The average Bonchev–Trinajstić information content (AvgIpc) is 3.03. The molecule has 2 atom stereocenters. The number of ketones is 1. The van der Waals surface area contributed by atoms with Crippen LogP contribution in [0.25, 0.3) is 0 Å². The van der Waals surface area contributed by atoms with Crippen LogP contribution in [-0.4, -0.2) is 18.4 Å². The number of ether oxygens (including phenoxy) is 1. The third-order valence-corrected chi connectivity index (χ3v) is 6.62. The monoisotopic (exact) mass is 384 g/mol. The number of hydrogen-bond donors (Lipinski definition) is 0. The lowest BCUT2D eigenvalue weighted by molar-refractivity contribution is -0.135. The maximum atomic E-state index is 11.8. The van der Waals surface area contributed by atoms with E-state index in [-0.39, 0.29) is 17.2 Å². The van der Waals surface area contributed by atoms with E-state index >= 15 is 0 Å². The summed E-state index contributed by atoms with van der Waals surface area (Å²) in [5, 5.41) is 0. The first kappa shape index (κ1) is 22.4. The minimum Gasteiger partial charge on any atom is -0.458 e. The van der Waals surface area contributed by atoms with Crippen molar-refractivity contribution in [3.63, 3.8) is 0 Å². The van der Waals surface area contributed by atoms with Crippen molar-refractivity contribution in [3.8, 4) is 0 Å². The van der Waals surface area contributed by atoms with Crippen LogP contribution in [-0.2, 0) is 14.3 Å². The molecule has 3 nitrogen and oxygen atoms in total. The Morgan fingerprint density at radius 1 is 1.14 bits per heavy atom. The summed E-state index contributed by atoms with van der Waals surface area (Å²) in [5.74, 6) is 0.490. The van der Waals surface area contributed by atoms with E-state index in [9.17, 15) is 9.59 Å². The van der Waals surface area contributed by atoms with E-state index < -0.39 is 0 Å². The fraction of sp³-hybridized carbons (Fsp3) is 0.600. The number of rotatable bonds is 9. The molecule has 0 amide bonds. The number of allylic oxidation sites excluding steroid dienone is 6. The van der Waals surface area contributed by atoms with Crippen LogP contribution in [0.3, 0.4) is 0 Å². The molecule has 2 aliphatic rings. The molecule has 0 spiro atoms. The molecule has 0 radical (unpaired) electrons. The maximum absolute atomic E-state index is 11.8. The second-order valence-electron chi connectivity index (χ2n) is 8.90. The third kappa shape index (κ3) is 6.32. The van der Waals surface area contributed by atoms with Crippen LogP contribution in [0.15, 0.2) is 46.6 Å². The minimum absolute atomic E-state index is 0.138. The van der Waals surface area contributed by atoms with E-state index in [1.807, 2.05) is 6.08 Å². The van der Waals surface area contributed by atoms with Gasteiger partial charge >= 0.3 is 5.97 Å². The van der Waals surface area contributed by atoms with Gasteiger partial charge in [-0.05, 0) is 82.3 Å². The van der Waals surface area contributed by atoms with Gasteiger partial charge in [0, 0.05) is 12.5 Å². The van der Waals surface area contributed by atoms with Crippen LogP contribution >= 0.6 is 0 Å². The van der Waals surface area contributed by atoms with Crippen molar-refractivity contribution in [2.24, 2.45) is 11.3 Å². The third-order valence-electron chi connectivity index (χ3n) is 6.62. The van der Waals surface area contributed by atoms with Crippen molar-refractivity contribution in [2.45, 2.75) is 79.6 Å². The predicted molar refractivity (Wildman–Crippen MR) is 115 cm³/mol. The highest BCUT2D eigenvalue weighted by Crippen LogP contribution is 2.44. The summed E-state index contributed by atoms with van der Waals surface area (Å²) < 4.78 is 4.93. The minimum atomic E-state index is -0.204. The number of esters is 1. The van der Waals surface area contributed by atoms with Gasteiger partial charge in [-0.2, -0.15) is 0 Å². The quantitative estimate of drug-likeness (QED) is 0.348. The Labute approximate surface area is 170 Å². The lowest BCUT2D eigenvalue weighted by Gasteiger charge is -2.39. The van der Waals surface area contributed by atoms with Gasteiger partial charge in [0.15, 0.2) is 5.78 Å². The van der Waals surface area contributed by atoms with Gasteiger partial charge in [0.25, 0.3) is 0 Å². The van der Waals surface area contributed by atoms with E-state index in [1.165, 1.54) is 16.7 Å². The van der Waals surface area contributed by atoms with Crippen LogP contribution in [0.5, 0.6) is 0 Å². The summed E-state index contributed by atoms with van der Waals surface area (Å²) in [7, 11) is 0. The van der Waals surface area contributed by atoms with Crippen LogP contribution in [0.4, 0.5) is 0 Å². The SMILES string of the molecule is CC1=CC(=O)C[C@@H](C)[C@@]1(C)CC/C(C)=C/CC/C(C)=C/CCC1=CC(=O)OC1. The van der Waals surface area contributed by atoms with Gasteiger partial charge < -0.3 is 4.74 Å². The van der Waals surface area contributed by atoms with Crippen molar-refractivity contribution >= 4 is 11.8 Å². The molecule has 2 rings (SSSR count). The Morgan fingerprint density at radius 2 is 1.82 bits per heavy atom. The largest absolute Gasteiger partial charge is 0.458 e. The summed E-state index contributed by atoms with van der Waals surface area (Å²) in [6.45, 7) is 11.5. The Kier molecular flexibility index (Phi) is 8.03. The summed E-state index contributed by atoms with van der Waals surface area (Å²) >= 11 is 0. The number of hydrogen-bond acceptors (Lipinski definition) is 3. The summed E-state index contributed by atoms with van der Waals surface area (Å²) in [4.78, 5) is 22.8. The molecule has 0 aromatic heterocycles. The molecule has 0 fully saturated rings. The molecule has 1 aliphatic carbocycles. The first-order valence-corrected chi connectivity index (χ1v) is 10.6. The van der Waals surface area contributed by atoms with E-state index in [0.29, 0.717) is 18.9 Å². The van der Waals surface area contributed by atoms with Gasteiger partial charge in [-0.25, -0.2) is 4.79 Å². The van der Waals surface area contributed by atoms with Gasteiger partial charge in [0.05, 0.1) is 0 Å². The van der Waals surface area contributed by atoms with Crippen molar-refractivity contribution in [1.29, 1.82) is 0 Å². The Bertz CT molecular complexity index is 720. The van der Waals surface area contributed by atoms with Crippen molar-refractivity contribution < 1.29 is 14.3 Å². The molecular weight excluding hydrogens is 348 g/mol. The summed E-state index contributed by atoms with van der Waals surface area (Å²) in [6, 6.07) is 0. The highest BCUT2D eigenvalue weighted by Gasteiger charge is 2.36. The molecule has 0 unspecified atom stereocenters.